The zero-order valence-electron chi connectivity index (χ0n) is 13.0. The molecule has 1 aliphatic rings. The highest BCUT2D eigenvalue weighted by Gasteiger charge is 2.17. The summed E-state index contributed by atoms with van der Waals surface area (Å²) in [4.78, 5) is 23.2. The van der Waals surface area contributed by atoms with Gasteiger partial charge in [-0.3, -0.25) is 9.59 Å². The Hall–Kier alpha value is -2.62. The zero-order valence-corrected chi connectivity index (χ0v) is 13.0. The summed E-state index contributed by atoms with van der Waals surface area (Å²) >= 11 is 0. The summed E-state index contributed by atoms with van der Waals surface area (Å²) in [6.45, 7) is 0.619. The van der Waals surface area contributed by atoms with Gasteiger partial charge in [0.1, 0.15) is 0 Å². The van der Waals surface area contributed by atoms with E-state index in [2.05, 4.69) is 10.6 Å². The highest BCUT2D eigenvalue weighted by Crippen LogP contribution is 2.23. The first-order chi connectivity index (χ1) is 11.2. The van der Waals surface area contributed by atoms with E-state index in [-0.39, 0.29) is 11.8 Å². The van der Waals surface area contributed by atoms with Crippen LogP contribution < -0.4 is 10.6 Å². The molecule has 1 aliphatic heterocycles. The number of benzene rings is 2. The number of carbonyl (C=O) groups excluding carboxylic acids is 2. The molecule has 2 aromatic rings. The summed E-state index contributed by atoms with van der Waals surface area (Å²) in [6, 6.07) is 16.0. The van der Waals surface area contributed by atoms with E-state index in [4.69, 9.17) is 0 Å². The summed E-state index contributed by atoms with van der Waals surface area (Å²) in [5.74, 6) is 0.123. The molecule has 4 heteroatoms. The highest BCUT2D eigenvalue weighted by molar-refractivity contribution is 5.99. The Morgan fingerprint density at radius 1 is 1.04 bits per heavy atom. The molecule has 1 heterocycles. The van der Waals surface area contributed by atoms with Crippen LogP contribution in [0, 0.1) is 0 Å². The van der Waals surface area contributed by atoms with Crippen LogP contribution in [0.4, 0.5) is 5.69 Å². The second kappa shape index (κ2) is 7.09. The number of carbonyl (C=O) groups is 2. The van der Waals surface area contributed by atoms with Gasteiger partial charge < -0.3 is 10.6 Å². The molecule has 2 amide bonds. The molecule has 0 saturated carbocycles. The Balaban J connectivity index is 1.42. The van der Waals surface area contributed by atoms with Crippen molar-refractivity contribution >= 4 is 17.5 Å². The molecule has 0 spiro atoms. The van der Waals surface area contributed by atoms with Gasteiger partial charge in [-0.1, -0.05) is 42.5 Å². The molecule has 0 atom stereocenters. The average molecular weight is 308 g/mol. The third-order valence-corrected chi connectivity index (χ3v) is 4.01. The second-order valence-corrected chi connectivity index (χ2v) is 5.80. The van der Waals surface area contributed by atoms with Crippen molar-refractivity contribution in [3.8, 4) is 0 Å². The van der Waals surface area contributed by atoms with Crippen molar-refractivity contribution in [2.45, 2.75) is 25.7 Å². The van der Waals surface area contributed by atoms with Crippen LogP contribution in [-0.4, -0.2) is 18.4 Å². The predicted octanol–water partition coefficient (Wildman–Crippen LogP) is 2.47. The number of fused-ring (bicyclic) bond motifs is 1. The number of hydrogen-bond acceptors (Lipinski definition) is 2. The average Bonchev–Trinajstić information content (AvgIpc) is 2.93. The summed E-state index contributed by atoms with van der Waals surface area (Å²) < 4.78 is 0. The number of hydrogen-bond donors (Lipinski definition) is 2. The fourth-order valence-electron chi connectivity index (χ4n) is 2.78. The highest BCUT2D eigenvalue weighted by atomic mass is 16.2. The Morgan fingerprint density at radius 2 is 1.87 bits per heavy atom. The van der Waals surface area contributed by atoms with E-state index in [0.29, 0.717) is 19.4 Å². The summed E-state index contributed by atoms with van der Waals surface area (Å²) in [7, 11) is 0. The monoisotopic (exact) mass is 308 g/mol. The van der Waals surface area contributed by atoms with Crippen molar-refractivity contribution in [3.05, 3.63) is 65.2 Å². The lowest BCUT2D eigenvalue weighted by Gasteiger charge is -2.07. The number of anilines is 1. The number of amides is 2. The molecule has 23 heavy (non-hydrogen) atoms. The van der Waals surface area contributed by atoms with Crippen molar-refractivity contribution < 1.29 is 9.59 Å². The minimum absolute atomic E-state index is 0.0476. The molecule has 2 N–H and O–H groups in total. The van der Waals surface area contributed by atoms with Gasteiger partial charge in [0.15, 0.2) is 0 Å². The van der Waals surface area contributed by atoms with Crippen molar-refractivity contribution in [3.63, 3.8) is 0 Å². The summed E-state index contributed by atoms with van der Waals surface area (Å²) in [6.07, 6.45) is 2.50. The fraction of sp³-hybridized carbons (Fsp3) is 0.263. The van der Waals surface area contributed by atoms with Crippen molar-refractivity contribution in [1.29, 1.82) is 0 Å². The SMILES string of the molecule is O=C(CCc1ccccc1)NCCc1ccc2c(c1)CC(=O)N2. The first-order valence-electron chi connectivity index (χ1n) is 7.93. The molecule has 4 nitrogen and oxygen atoms in total. The minimum atomic E-state index is 0.0476. The van der Waals surface area contributed by atoms with Gasteiger partial charge in [-0.2, -0.15) is 0 Å². The van der Waals surface area contributed by atoms with Gasteiger partial charge in [0.25, 0.3) is 0 Å². The maximum atomic E-state index is 11.9. The van der Waals surface area contributed by atoms with Crippen LogP contribution in [0.1, 0.15) is 23.1 Å². The zero-order chi connectivity index (χ0) is 16.1. The summed E-state index contributed by atoms with van der Waals surface area (Å²) in [5.41, 5.74) is 4.27. The minimum Gasteiger partial charge on any atom is -0.356 e. The molecule has 0 fully saturated rings. The van der Waals surface area contributed by atoms with Crippen LogP contribution in [0.3, 0.4) is 0 Å². The largest absolute Gasteiger partial charge is 0.356 e. The molecule has 0 aromatic heterocycles. The summed E-state index contributed by atoms with van der Waals surface area (Å²) in [5, 5.41) is 5.78. The van der Waals surface area contributed by atoms with Gasteiger partial charge in [0, 0.05) is 18.7 Å². The fourth-order valence-corrected chi connectivity index (χ4v) is 2.78. The molecule has 118 valence electrons. The quantitative estimate of drug-likeness (QED) is 0.861. The van der Waals surface area contributed by atoms with Crippen molar-refractivity contribution in [1.82, 2.24) is 5.32 Å². The first kappa shape index (κ1) is 15.3. The molecule has 0 saturated heterocycles. The van der Waals surface area contributed by atoms with E-state index in [9.17, 15) is 9.59 Å². The Bertz CT molecular complexity index is 711. The third kappa shape index (κ3) is 4.19. The number of rotatable bonds is 6. The van der Waals surface area contributed by atoms with Gasteiger partial charge in [-0.25, -0.2) is 0 Å². The number of nitrogens with one attached hydrogen (secondary N) is 2. The number of aryl methyl sites for hydroxylation is 1. The van der Waals surface area contributed by atoms with Crippen LogP contribution in [0.15, 0.2) is 48.5 Å². The first-order valence-corrected chi connectivity index (χ1v) is 7.93. The van der Waals surface area contributed by atoms with Gasteiger partial charge in [-0.05, 0) is 35.6 Å². The topological polar surface area (TPSA) is 58.2 Å². The predicted molar refractivity (Wildman–Crippen MR) is 90.3 cm³/mol. The molecule has 0 unspecified atom stereocenters. The molecule has 2 aromatic carbocycles. The van der Waals surface area contributed by atoms with Crippen LogP contribution in [-0.2, 0) is 28.9 Å². The van der Waals surface area contributed by atoms with Crippen molar-refractivity contribution in [2.24, 2.45) is 0 Å². The van der Waals surface area contributed by atoms with Crippen molar-refractivity contribution in [2.75, 3.05) is 11.9 Å². The van der Waals surface area contributed by atoms with Gasteiger partial charge in [0.2, 0.25) is 11.8 Å². The maximum absolute atomic E-state index is 11.9. The molecule has 3 rings (SSSR count). The Kier molecular flexibility index (Phi) is 4.71. The van der Waals surface area contributed by atoms with Crippen LogP contribution >= 0.6 is 0 Å². The van der Waals surface area contributed by atoms with E-state index >= 15 is 0 Å². The Labute approximate surface area is 135 Å². The molecular weight excluding hydrogens is 288 g/mol. The standard InChI is InChI=1S/C19H20N2O2/c22-18(9-7-14-4-2-1-3-5-14)20-11-10-15-6-8-17-16(12-15)13-19(23)21-17/h1-6,8,12H,7,9-11,13H2,(H,20,22)(H,21,23). The molecule has 0 bridgehead atoms. The maximum Gasteiger partial charge on any atom is 0.228 e. The van der Waals surface area contributed by atoms with E-state index < -0.39 is 0 Å². The molecule has 0 aliphatic carbocycles. The van der Waals surface area contributed by atoms with Crippen LogP contribution in [0.2, 0.25) is 0 Å². The van der Waals surface area contributed by atoms with E-state index in [1.54, 1.807) is 0 Å². The third-order valence-electron chi connectivity index (χ3n) is 4.01. The van der Waals surface area contributed by atoms with E-state index in [1.807, 2.05) is 48.5 Å². The lowest BCUT2D eigenvalue weighted by Crippen LogP contribution is -2.25. The van der Waals surface area contributed by atoms with E-state index in [1.165, 1.54) is 5.56 Å². The second-order valence-electron chi connectivity index (χ2n) is 5.80. The lowest BCUT2D eigenvalue weighted by molar-refractivity contribution is -0.121. The van der Waals surface area contributed by atoms with Crippen LogP contribution in [0.5, 0.6) is 0 Å². The lowest BCUT2D eigenvalue weighted by atomic mass is 10.1. The van der Waals surface area contributed by atoms with E-state index in [0.717, 1.165) is 29.7 Å². The van der Waals surface area contributed by atoms with Crippen LogP contribution in [0.25, 0.3) is 0 Å². The van der Waals surface area contributed by atoms with Gasteiger partial charge >= 0.3 is 0 Å². The van der Waals surface area contributed by atoms with Gasteiger partial charge in [0.05, 0.1) is 6.42 Å². The molecule has 0 radical (unpaired) electrons. The Morgan fingerprint density at radius 3 is 2.70 bits per heavy atom. The normalized spacial score (nSPS) is 12.6. The molecular formula is C19H20N2O2. The van der Waals surface area contributed by atoms with Gasteiger partial charge in [-0.15, -0.1) is 0 Å². The smallest absolute Gasteiger partial charge is 0.228 e.